The molecular weight excluding hydrogens is 424 g/mol. The van der Waals surface area contributed by atoms with Gasteiger partial charge in [-0.25, -0.2) is 0 Å². The minimum Gasteiger partial charge on any atom is -0.480 e. The molecule has 2 amide bonds. The number of carbonyl (C=O) groups excluding carboxylic acids is 2. The van der Waals surface area contributed by atoms with Gasteiger partial charge in [0.25, 0.3) is 11.8 Å². The first-order valence-electron chi connectivity index (χ1n) is 7.40. The van der Waals surface area contributed by atoms with Crippen molar-refractivity contribution in [1.29, 1.82) is 0 Å². The maximum atomic E-state index is 12.5. The summed E-state index contributed by atoms with van der Waals surface area (Å²) in [6.45, 7) is -0.568. The van der Waals surface area contributed by atoms with Crippen LogP contribution in [0.3, 0.4) is 0 Å². The molecule has 0 atom stereocenters. The Labute approximate surface area is 163 Å². The maximum Gasteiger partial charge on any atom is 0.322 e. The van der Waals surface area contributed by atoms with Gasteiger partial charge in [-0.3, -0.25) is 14.4 Å². The largest absolute Gasteiger partial charge is 0.480 e. The molecule has 0 aromatic heterocycles. The number of halogens is 2. The molecule has 2 aromatic carbocycles. The van der Waals surface area contributed by atoms with Crippen molar-refractivity contribution in [3.8, 4) is 0 Å². The Bertz CT molecular complexity index is 866. The Morgan fingerprint density at radius 1 is 1.08 bits per heavy atom. The average Bonchev–Trinajstić information content (AvgIpc) is 2.61. The highest BCUT2D eigenvalue weighted by Gasteiger charge is 2.16. The summed E-state index contributed by atoms with van der Waals surface area (Å²) in [5.74, 6) is -2.42. The van der Waals surface area contributed by atoms with E-state index in [1.165, 1.54) is 6.08 Å². The summed E-state index contributed by atoms with van der Waals surface area (Å²) in [5, 5.41) is 14.0. The van der Waals surface area contributed by atoms with Crippen molar-refractivity contribution < 1.29 is 19.5 Å². The van der Waals surface area contributed by atoms with Gasteiger partial charge in [-0.15, -0.1) is 0 Å². The van der Waals surface area contributed by atoms with Gasteiger partial charge in [0.05, 0.1) is 5.56 Å². The number of hydrogen-bond donors (Lipinski definition) is 3. The number of nitrogens with one attached hydrogen (secondary N) is 2. The van der Waals surface area contributed by atoms with E-state index in [2.05, 4.69) is 26.6 Å². The van der Waals surface area contributed by atoms with Gasteiger partial charge in [-0.2, -0.15) is 0 Å². The highest BCUT2D eigenvalue weighted by molar-refractivity contribution is 9.10. The van der Waals surface area contributed by atoms with E-state index in [4.69, 9.17) is 16.7 Å². The zero-order valence-corrected chi connectivity index (χ0v) is 15.7. The molecule has 0 bridgehead atoms. The molecule has 0 radical (unpaired) electrons. The van der Waals surface area contributed by atoms with Crippen LogP contribution in [0.5, 0.6) is 0 Å². The van der Waals surface area contributed by atoms with Crippen LogP contribution < -0.4 is 10.6 Å². The van der Waals surface area contributed by atoms with Crippen molar-refractivity contribution in [2.45, 2.75) is 0 Å². The second kappa shape index (κ2) is 9.17. The molecule has 134 valence electrons. The standard InChI is InChI=1S/C18H14BrClN2O4/c19-14-4-2-1-3-13(14)17(25)22-15(18(26)21-10-16(23)24)9-11-5-7-12(20)8-6-11/h1-9H,10H2,(H,21,26)(H,22,25)(H,23,24)/b15-9+. The van der Waals surface area contributed by atoms with Crippen molar-refractivity contribution in [3.05, 3.63) is 74.9 Å². The number of carbonyl (C=O) groups is 3. The molecule has 6 nitrogen and oxygen atoms in total. The molecular formula is C18H14BrClN2O4. The smallest absolute Gasteiger partial charge is 0.322 e. The predicted molar refractivity (Wildman–Crippen MR) is 102 cm³/mol. The van der Waals surface area contributed by atoms with Crippen LogP contribution in [0, 0.1) is 0 Å². The van der Waals surface area contributed by atoms with Gasteiger partial charge in [-0.05, 0) is 51.8 Å². The number of carboxylic acid groups (broad SMARTS) is 1. The van der Waals surface area contributed by atoms with Gasteiger partial charge in [0, 0.05) is 9.50 Å². The van der Waals surface area contributed by atoms with Crippen molar-refractivity contribution in [2.75, 3.05) is 6.54 Å². The van der Waals surface area contributed by atoms with E-state index in [1.807, 2.05) is 0 Å². The third-order valence-corrected chi connectivity index (χ3v) is 4.14. The third-order valence-electron chi connectivity index (χ3n) is 3.19. The molecule has 0 saturated heterocycles. The van der Waals surface area contributed by atoms with Gasteiger partial charge >= 0.3 is 5.97 Å². The molecule has 0 aliphatic heterocycles. The van der Waals surface area contributed by atoms with Crippen LogP contribution in [0.15, 0.2) is 58.7 Å². The molecule has 0 aliphatic carbocycles. The average molecular weight is 438 g/mol. The Hall–Kier alpha value is -2.64. The molecule has 0 heterocycles. The Balaban J connectivity index is 2.29. The van der Waals surface area contributed by atoms with Gasteiger partial charge < -0.3 is 15.7 Å². The van der Waals surface area contributed by atoms with E-state index < -0.39 is 24.3 Å². The minimum absolute atomic E-state index is 0.0886. The molecule has 0 fully saturated rings. The van der Waals surface area contributed by atoms with Crippen molar-refractivity contribution in [3.63, 3.8) is 0 Å². The van der Waals surface area contributed by atoms with Crippen LogP contribution in [0.25, 0.3) is 6.08 Å². The van der Waals surface area contributed by atoms with Crippen LogP contribution in [0.1, 0.15) is 15.9 Å². The fraction of sp³-hybridized carbons (Fsp3) is 0.0556. The van der Waals surface area contributed by atoms with Gasteiger partial charge in [0.15, 0.2) is 0 Å². The van der Waals surface area contributed by atoms with E-state index in [9.17, 15) is 14.4 Å². The van der Waals surface area contributed by atoms with Crippen LogP contribution in [-0.2, 0) is 9.59 Å². The lowest BCUT2D eigenvalue weighted by Crippen LogP contribution is -2.37. The number of rotatable bonds is 6. The predicted octanol–water partition coefficient (Wildman–Crippen LogP) is 3.07. The molecule has 0 spiro atoms. The van der Waals surface area contributed by atoms with Crippen molar-refractivity contribution >= 4 is 51.4 Å². The summed E-state index contributed by atoms with van der Waals surface area (Å²) < 4.78 is 0.564. The fourth-order valence-corrected chi connectivity index (χ4v) is 2.56. The van der Waals surface area contributed by atoms with E-state index in [1.54, 1.807) is 48.5 Å². The summed E-state index contributed by atoms with van der Waals surface area (Å²) >= 11 is 9.11. The first kappa shape index (κ1) is 19.7. The Kier molecular flexibility index (Phi) is 6.94. The summed E-state index contributed by atoms with van der Waals surface area (Å²) in [5.41, 5.74) is 0.858. The summed E-state index contributed by atoms with van der Waals surface area (Å²) in [6.07, 6.45) is 1.43. The van der Waals surface area contributed by atoms with E-state index >= 15 is 0 Å². The van der Waals surface area contributed by atoms with Crippen molar-refractivity contribution in [2.24, 2.45) is 0 Å². The van der Waals surface area contributed by atoms with Crippen LogP contribution >= 0.6 is 27.5 Å². The SMILES string of the molecule is O=C(O)CNC(=O)/C(=C\c1ccc(Cl)cc1)NC(=O)c1ccccc1Br. The van der Waals surface area contributed by atoms with Gasteiger partial charge in [-0.1, -0.05) is 35.9 Å². The highest BCUT2D eigenvalue weighted by atomic mass is 79.9. The number of aliphatic carboxylic acids is 1. The van der Waals surface area contributed by atoms with Gasteiger partial charge in [0.1, 0.15) is 12.2 Å². The quantitative estimate of drug-likeness (QED) is 0.605. The molecule has 3 N–H and O–H groups in total. The summed E-state index contributed by atoms with van der Waals surface area (Å²) in [4.78, 5) is 35.4. The van der Waals surface area contributed by atoms with E-state index in [-0.39, 0.29) is 5.70 Å². The molecule has 0 aliphatic rings. The number of amides is 2. The fourth-order valence-electron chi connectivity index (χ4n) is 1.97. The first-order chi connectivity index (χ1) is 12.4. The Morgan fingerprint density at radius 3 is 2.35 bits per heavy atom. The number of carboxylic acids is 1. The van der Waals surface area contributed by atoms with E-state index in [0.717, 1.165) is 0 Å². The third kappa shape index (κ3) is 5.72. The second-order valence-electron chi connectivity index (χ2n) is 5.12. The Morgan fingerprint density at radius 2 is 1.73 bits per heavy atom. The van der Waals surface area contributed by atoms with Gasteiger partial charge in [0.2, 0.25) is 0 Å². The lowest BCUT2D eigenvalue weighted by Gasteiger charge is -2.11. The lowest BCUT2D eigenvalue weighted by atomic mass is 10.1. The summed E-state index contributed by atoms with van der Waals surface area (Å²) in [6, 6.07) is 13.3. The van der Waals surface area contributed by atoms with Crippen molar-refractivity contribution in [1.82, 2.24) is 10.6 Å². The van der Waals surface area contributed by atoms with Crippen LogP contribution in [0.4, 0.5) is 0 Å². The minimum atomic E-state index is -1.19. The number of benzene rings is 2. The molecule has 2 rings (SSSR count). The zero-order valence-electron chi connectivity index (χ0n) is 13.3. The highest BCUT2D eigenvalue weighted by Crippen LogP contribution is 2.17. The number of hydrogen-bond acceptors (Lipinski definition) is 3. The topological polar surface area (TPSA) is 95.5 Å². The van der Waals surface area contributed by atoms with Crippen LogP contribution in [0.2, 0.25) is 5.02 Å². The molecule has 8 heteroatoms. The molecule has 2 aromatic rings. The van der Waals surface area contributed by atoms with Crippen LogP contribution in [-0.4, -0.2) is 29.4 Å². The second-order valence-corrected chi connectivity index (χ2v) is 6.41. The zero-order chi connectivity index (χ0) is 19.1. The molecule has 26 heavy (non-hydrogen) atoms. The van der Waals surface area contributed by atoms with E-state index in [0.29, 0.717) is 20.6 Å². The monoisotopic (exact) mass is 436 g/mol. The lowest BCUT2D eigenvalue weighted by molar-refractivity contribution is -0.137. The molecule has 0 saturated carbocycles. The summed E-state index contributed by atoms with van der Waals surface area (Å²) in [7, 11) is 0. The molecule has 0 unspecified atom stereocenters. The first-order valence-corrected chi connectivity index (χ1v) is 8.57. The maximum absolute atomic E-state index is 12.5. The normalized spacial score (nSPS) is 10.9.